The molecule has 0 amide bonds. The maximum atomic E-state index is 10.9. The normalized spacial score (nSPS) is 12.6. The van der Waals surface area contributed by atoms with Gasteiger partial charge in [0.1, 0.15) is 6.04 Å². The second-order valence-corrected chi connectivity index (χ2v) is 4.12. The van der Waals surface area contributed by atoms with Crippen LogP contribution in [0, 0.1) is 0 Å². The van der Waals surface area contributed by atoms with Crippen LogP contribution < -0.4 is 5.32 Å². The lowest BCUT2D eigenvalue weighted by atomic mass is 10.1. The quantitative estimate of drug-likeness (QED) is 0.474. The highest BCUT2D eigenvalue weighted by Crippen LogP contribution is 2.02. The maximum absolute atomic E-state index is 10.9. The predicted octanol–water partition coefficient (Wildman–Crippen LogP) is 1.77. The van der Waals surface area contributed by atoms with E-state index in [1.807, 2.05) is 0 Å². The Morgan fingerprint density at radius 2 is 1.88 bits per heavy atom. The summed E-state index contributed by atoms with van der Waals surface area (Å²) in [5.74, 6) is -0.746. The average molecular weight is 231 g/mol. The molecule has 96 valence electrons. The second-order valence-electron chi connectivity index (χ2n) is 4.12. The molecule has 0 saturated carbocycles. The zero-order chi connectivity index (χ0) is 12.2. The zero-order valence-electron chi connectivity index (χ0n) is 10.2. The van der Waals surface area contributed by atoms with Gasteiger partial charge in [0.25, 0.3) is 0 Å². The molecule has 0 saturated heterocycles. The Morgan fingerprint density at radius 1 is 1.19 bits per heavy atom. The van der Waals surface area contributed by atoms with E-state index in [0.29, 0.717) is 6.42 Å². The summed E-state index contributed by atoms with van der Waals surface area (Å²) in [6, 6.07) is -0.391. The van der Waals surface area contributed by atoms with E-state index in [0.717, 1.165) is 45.1 Å². The second kappa shape index (κ2) is 10.9. The fraction of sp³-hybridized carbons (Fsp3) is 0.917. The summed E-state index contributed by atoms with van der Waals surface area (Å²) in [4.78, 5) is 10.9. The lowest BCUT2D eigenvalue weighted by Gasteiger charge is -2.13. The monoisotopic (exact) mass is 231 g/mol. The van der Waals surface area contributed by atoms with E-state index >= 15 is 0 Å². The van der Waals surface area contributed by atoms with Crippen molar-refractivity contribution < 1.29 is 15.0 Å². The van der Waals surface area contributed by atoms with Gasteiger partial charge in [-0.15, -0.1) is 0 Å². The molecule has 0 aromatic heterocycles. The van der Waals surface area contributed by atoms with Crippen molar-refractivity contribution in [1.29, 1.82) is 0 Å². The Labute approximate surface area is 98.1 Å². The first kappa shape index (κ1) is 15.4. The number of aliphatic carboxylic acids is 1. The van der Waals surface area contributed by atoms with E-state index in [1.54, 1.807) is 0 Å². The molecule has 0 aliphatic rings. The molecule has 0 aliphatic carbocycles. The molecule has 0 rings (SSSR count). The summed E-state index contributed by atoms with van der Waals surface area (Å²) in [6.07, 6.45) is 6.59. The summed E-state index contributed by atoms with van der Waals surface area (Å²) in [6.45, 7) is 3.07. The van der Waals surface area contributed by atoms with Gasteiger partial charge in [-0.25, -0.2) is 0 Å². The first-order valence-corrected chi connectivity index (χ1v) is 6.29. The lowest BCUT2D eigenvalue weighted by Crippen LogP contribution is -2.37. The van der Waals surface area contributed by atoms with Gasteiger partial charge in [-0.3, -0.25) is 4.79 Å². The van der Waals surface area contributed by atoms with E-state index in [-0.39, 0.29) is 6.61 Å². The number of rotatable bonds is 11. The first-order valence-electron chi connectivity index (χ1n) is 6.29. The summed E-state index contributed by atoms with van der Waals surface area (Å²) < 4.78 is 0. The maximum Gasteiger partial charge on any atom is 0.320 e. The number of hydrogen-bond donors (Lipinski definition) is 3. The predicted molar refractivity (Wildman–Crippen MR) is 64.5 cm³/mol. The van der Waals surface area contributed by atoms with Crippen LogP contribution in [0.15, 0.2) is 0 Å². The molecular weight excluding hydrogens is 206 g/mol. The Kier molecular flexibility index (Phi) is 10.5. The molecule has 3 N–H and O–H groups in total. The molecule has 0 aliphatic heterocycles. The van der Waals surface area contributed by atoms with Crippen molar-refractivity contribution in [1.82, 2.24) is 5.32 Å². The lowest BCUT2D eigenvalue weighted by molar-refractivity contribution is -0.139. The standard InChI is InChI=1S/C12H25NO3/c1-2-3-8-11(12(15)16)13-9-6-4-5-7-10-14/h11,13-14H,2-10H2,1H3,(H,15,16). The van der Waals surface area contributed by atoms with E-state index in [9.17, 15) is 4.79 Å². The highest BCUT2D eigenvalue weighted by atomic mass is 16.4. The fourth-order valence-electron chi connectivity index (χ4n) is 1.59. The minimum absolute atomic E-state index is 0.252. The van der Waals surface area contributed by atoms with Gasteiger partial charge in [0, 0.05) is 6.61 Å². The zero-order valence-corrected chi connectivity index (χ0v) is 10.2. The molecule has 0 aromatic rings. The van der Waals surface area contributed by atoms with Crippen LogP contribution in [0.5, 0.6) is 0 Å². The van der Waals surface area contributed by atoms with Crippen molar-refractivity contribution in [3.05, 3.63) is 0 Å². The van der Waals surface area contributed by atoms with E-state index < -0.39 is 12.0 Å². The highest BCUT2D eigenvalue weighted by molar-refractivity contribution is 5.73. The largest absolute Gasteiger partial charge is 0.480 e. The first-order chi connectivity index (χ1) is 7.72. The van der Waals surface area contributed by atoms with Crippen molar-refractivity contribution >= 4 is 5.97 Å². The van der Waals surface area contributed by atoms with Gasteiger partial charge in [0.05, 0.1) is 0 Å². The van der Waals surface area contributed by atoms with E-state index in [2.05, 4.69) is 12.2 Å². The molecule has 4 heteroatoms. The highest BCUT2D eigenvalue weighted by Gasteiger charge is 2.14. The van der Waals surface area contributed by atoms with Crippen LogP contribution in [0.2, 0.25) is 0 Å². The Bertz CT molecular complexity index is 174. The van der Waals surface area contributed by atoms with Crippen LogP contribution in [0.25, 0.3) is 0 Å². The Morgan fingerprint density at radius 3 is 2.44 bits per heavy atom. The summed E-state index contributed by atoms with van der Waals surface area (Å²) in [5.41, 5.74) is 0. The molecule has 16 heavy (non-hydrogen) atoms. The van der Waals surface area contributed by atoms with Crippen molar-refractivity contribution in [3.63, 3.8) is 0 Å². The molecule has 0 bridgehead atoms. The van der Waals surface area contributed by atoms with Crippen molar-refractivity contribution in [3.8, 4) is 0 Å². The fourth-order valence-corrected chi connectivity index (χ4v) is 1.59. The van der Waals surface area contributed by atoms with Gasteiger partial charge in [-0.2, -0.15) is 0 Å². The molecule has 0 fully saturated rings. The van der Waals surface area contributed by atoms with Gasteiger partial charge < -0.3 is 15.5 Å². The number of nitrogens with one attached hydrogen (secondary N) is 1. The van der Waals surface area contributed by atoms with Crippen LogP contribution in [0.3, 0.4) is 0 Å². The molecule has 1 atom stereocenters. The molecule has 4 nitrogen and oxygen atoms in total. The summed E-state index contributed by atoms with van der Waals surface area (Å²) >= 11 is 0. The van der Waals surface area contributed by atoms with Gasteiger partial charge >= 0.3 is 5.97 Å². The summed E-state index contributed by atoms with van der Waals surface area (Å²) in [7, 11) is 0. The Hall–Kier alpha value is -0.610. The third kappa shape index (κ3) is 8.68. The number of unbranched alkanes of at least 4 members (excludes halogenated alkanes) is 4. The number of carbonyl (C=O) groups is 1. The number of aliphatic hydroxyl groups excluding tert-OH is 1. The minimum atomic E-state index is -0.746. The van der Waals surface area contributed by atoms with Crippen LogP contribution in [0.4, 0.5) is 0 Å². The van der Waals surface area contributed by atoms with Crippen LogP contribution in [0.1, 0.15) is 51.9 Å². The van der Waals surface area contributed by atoms with Gasteiger partial charge in [0.2, 0.25) is 0 Å². The van der Waals surface area contributed by atoms with Crippen molar-refractivity contribution in [2.75, 3.05) is 13.2 Å². The third-order valence-electron chi connectivity index (χ3n) is 2.62. The molecule has 1 unspecified atom stereocenters. The van der Waals surface area contributed by atoms with Crippen molar-refractivity contribution in [2.24, 2.45) is 0 Å². The molecular formula is C12H25NO3. The van der Waals surface area contributed by atoms with Crippen LogP contribution in [-0.4, -0.2) is 35.4 Å². The van der Waals surface area contributed by atoms with E-state index in [4.69, 9.17) is 10.2 Å². The van der Waals surface area contributed by atoms with E-state index in [1.165, 1.54) is 0 Å². The molecule has 0 radical (unpaired) electrons. The van der Waals surface area contributed by atoms with Gasteiger partial charge in [0.15, 0.2) is 0 Å². The van der Waals surface area contributed by atoms with Crippen LogP contribution in [-0.2, 0) is 4.79 Å². The number of carboxylic acid groups (broad SMARTS) is 1. The molecule has 0 heterocycles. The van der Waals surface area contributed by atoms with Gasteiger partial charge in [-0.1, -0.05) is 32.6 Å². The number of hydrogen-bond acceptors (Lipinski definition) is 3. The number of carboxylic acids is 1. The smallest absolute Gasteiger partial charge is 0.320 e. The molecule has 0 aromatic carbocycles. The SMILES string of the molecule is CCCCC(NCCCCCCO)C(=O)O. The summed E-state index contributed by atoms with van der Waals surface area (Å²) in [5, 5.41) is 20.6. The van der Waals surface area contributed by atoms with Gasteiger partial charge in [-0.05, 0) is 25.8 Å². The number of aliphatic hydroxyl groups is 1. The van der Waals surface area contributed by atoms with Crippen LogP contribution >= 0.6 is 0 Å². The molecule has 0 spiro atoms. The third-order valence-corrected chi connectivity index (χ3v) is 2.62. The average Bonchev–Trinajstić information content (AvgIpc) is 2.26. The minimum Gasteiger partial charge on any atom is -0.480 e. The van der Waals surface area contributed by atoms with Crippen molar-refractivity contribution in [2.45, 2.75) is 57.9 Å². The Balaban J connectivity index is 3.48. The topological polar surface area (TPSA) is 69.6 Å².